The Morgan fingerprint density at radius 1 is 1.38 bits per heavy atom. The maximum atomic E-state index is 10.5. The fraction of sp³-hybridized carbons (Fsp3) is 0.333. The van der Waals surface area contributed by atoms with E-state index in [-0.39, 0.29) is 0 Å². The second-order valence-corrected chi connectivity index (χ2v) is 3.49. The van der Waals surface area contributed by atoms with E-state index < -0.39 is 6.03 Å². The Labute approximate surface area is 95.5 Å². The second kappa shape index (κ2) is 6.61. The summed E-state index contributed by atoms with van der Waals surface area (Å²) in [6.07, 6.45) is 2.57. The smallest absolute Gasteiger partial charge is 0.332 e. The Kier molecular flexibility index (Phi) is 5.05. The van der Waals surface area contributed by atoms with Crippen LogP contribution in [-0.4, -0.2) is 11.7 Å². The number of amides is 2. The molecule has 0 aliphatic carbocycles. The van der Waals surface area contributed by atoms with Gasteiger partial charge in [-0.2, -0.15) is 5.10 Å². The van der Waals surface area contributed by atoms with E-state index in [1.807, 2.05) is 25.1 Å². The minimum absolute atomic E-state index is 0.620. The molecule has 86 valence electrons. The molecule has 4 heteroatoms. The Bertz CT molecular complexity index is 360. The summed E-state index contributed by atoms with van der Waals surface area (Å²) in [5, 5.41) is 3.95. The van der Waals surface area contributed by atoms with E-state index in [2.05, 4.69) is 22.7 Å². The first kappa shape index (κ1) is 12.2. The molecule has 0 aliphatic heterocycles. The lowest BCUT2D eigenvalue weighted by molar-refractivity contribution is 0.249. The van der Waals surface area contributed by atoms with Crippen LogP contribution in [0.3, 0.4) is 0 Å². The highest BCUT2D eigenvalue weighted by atomic mass is 16.2. The first-order chi connectivity index (χ1) is 7.72. The van der Waals surface area contributed by atoms with Gasteiger partial charge in [-0.25, -0.2) is 10.2 Å². The number of rotatable bonds is 5. The zero-order valence-corrected chi connectivity index (χ0v) is 9.44. The van der Waals surface area contributed by atoms with Crippen molar-refractivity contribution in [1.82, 2.24) is 5.43 Å². The normalized spacial score (nSPS) is 11.2. The largest absolute Gasteiger partial charge is 0.350 e. The van der Waals surface area contributed by atoms with Crippen LogP contribution in [0.25, 0.3) is 0 Å². The molecule has 0 fully saturated rings. The molecule has 4 nitrogen and oxygen atoms in total. The predicted molar refractivity (Wildman–Crippen MR) is 65.2 cm³/mol. The van der Waals surface area contributed by atoms with Crippen molar-refractivity contribution < 1.29 is 4.79 Å². The Hall–Kier alpha value is -1.84. The van der Waals surface area contributed by atoms with E-state index in [9.17, 15) is 4.79 Å². The fourth-order valence-electron chi connectivity index (χ4n) is 1.38. The van der Waals surface area contributed by atoms with Crippen molar-refractivity contribution in [3.63, 3.8) is 0 Å². The number of nitrogens with two attached hydrogens (primary N) is 1. The number of hydrogen-bond donors (Lipinski definition) is 2. The number of carbonyl (C=O) groups excluding carboxylic acids is 1. The van der Waals surface area contributed by atoms with Gasteiger partial charge in [0, 0.05) is 5.71 Å². The average Bonchev–Trinajstić information content (AvgIpc) is 2.30. The third-order valence-corrected chi connectivity index (χ3v) is 2.28. The van der Waals surface area contributed by atoms with Gasteiger partial charge >= 0.3 is 6.03 Å². The number of hydrogen-bond acceptors (Lipinski definition) is 2. The molecule has 0 atom stereocenters. The molecule has 0 bridgehead atoms. The number of nitrogens with one attached hydrogen (secondary N) is 1. The van der Waals surface area contributed by atoms with Crippen molar-refractivity contribution in [2.75, 3.05) is 0 Å². The monoisotopic (exact) mass is 219 g/mol. The van der Waals surface area contributed by atoms with Gasteiger partial charge in [0.05, 0.1) is 0 Å². The van der Waals surface area contributed by atoms with Gasteiger partial charge in [-0.3, -0.25) is 0 Å². The van der Waals surface area contributed by atoms with Crippen LogP contribution in [0.4, 0.5) is 4.79 Å². The number of carbonyl (C=O) groups is 1. The lowest BCUT2D eigenvalue weighted by atomic mass is 10.1. The van der Waals surface area contributed by atoms with Gasteiger partial charge in [-0.15, -0.1) is 0 Å². The SMILES string of the molecule is CC/C(CCc1ccccc1)=N\NC(N)=O. The van der Waals surface area contributed by atoms with E-state index in [0.717, 1.165) is 25.0 Å². The first-order valence-electron chi connectivity index (χ1n) is 5.37. The van der Waals surface area contributed by atoms with E-state index in [1.54, 1.807) is 0 Å². The maximum absolute atomic E-state index is 10.5. The van der Waals surface area contributed by atoms with Crippen molar-refractivity contribution in [3.8, 4) is 0 Å². The van der Waals surface area contributed by atoms with E-state index in [4.69, 9.17) is 5.73 Å². The predicted octanol–water partition coefficient (Wildman–Crippen LogP) is 2.05. The molecule has 1 rings (SSSR count). The molecular formula is C12H17N3O. The van der Waals surface area contributed by atoms with Gasteiger partial charge in [0.25, 0.3) is 0 Å². The summed E-state index contributed by atoms with van der Waals surface area (Å²) < 4.78 is 0. The molecule has 0 spiro atoms. The van der Waals surface area contributed by atoms with Crippen molar-refractivity contribution in [3.05, 3.63) is 35.9 Å². The van der Waals surface area contributed by atoms with Crippen LogP contribution in [0.5, 0.6) is 0 Å². The van der Waals surface area contributed by atoms with Crippen LogP contribution in [0.15, 0.2) is 35.4 Å². The van der Waals surface area contributed by atoms with E-state index in [1.165, 1.54) is 5.56 Å². The van der Waals surface area contributed by atoms with E-state index in [0.29, 0.717) is 0 Å². The molecule has 16 heavy (non-hydrogen) atoms. The molecule has 0 radical (unpaired) electrons. The minimum Gasteiger partial charge on any atom is -0.350 e. The summed E-state index contributed by atoms with van der Waals surface area (Å²) in [6, 6.07) is 9.56. The zero-order valence-electron chi connectivity index (χ0n) is 9.44. The molecule has 0 saturated carbocycles. The molecule has 0 heterocycles. The standard InChI is InChI=1S/C12H17N3O/c1-2-11(14-15-12(13)16)9-8-10-6-4-3-5-7-10/h3-7H,2,8-9H2,1H3,(H3,13,15,16)/b14-11+. The fourth-order valence-corrected chi connectivity index (χ4v) is 1.38. The first-order valence-corrected chi connectivity index (χ1v) is 5.37. The Morgan fingerprint density at radius 2 is 2.06 bits per heavy atom. The molecular weight excluding hydrogens is 202 g/mol. The third-order valence-electron chi connectivity index (χ3n) is 2.28. The van der Waals surface area contributed by atoms with Crippen LogP contribution in [0.1, 0.15) is 25.3 Å². The summed E-state index contributed by atoms with van der Waals surface area (Å²) in [5.74, 6) is 0. The maximum Gasteiger partial charge on any atom is 0.332 e. The van der Waals surface area contributed by atoms with Gasteiger partial charge in [-0.05, 0) is 24.8 Å². The second-order valence-electron chi connectivity index (χ2n) is 3.49. The molecule has 0 saturated heterocycles. The lowest BCUT2D eigenvalue weighted by Crippen LogP contribution is -2.25. The number of urea groups is 1. The molecule has 0 aromatic heterocycles. The number of nitrogens with zero attached hydrogens (tertiary/aromatic N) is 1. The summed E-state index contributed by atoms with van der Waals surface area (Å²) >= 11 is 0. The molecule has 2 amide bonds. The van der Waals surface area contributed by atoms with Gasteiger partial charge in [0.1, 0.15) is 0 Å². The van der Waals surface area contributed by atoms with Crippen molar-refractivity contribution >= 4 is 11.7 Å². The van der Waals surface area contributed by atoms with Gasteiger partial charge in [0.15, 0.2) is 0 Å². The number of hydrazone groups is 1. The quantitative estimate of drug-likeness (QED) is 0.577. The minimum atomic E-state index is -0.620. The highest BCUT2D eigenvalue weighted by molar-refractivity contribution is 5.85. The van der Waals surface area contributed by atoms with Crippen LogP contribution in [-0.2, 0) is 6.42 Å². The van der Waals surface area contributed by atoms with Crippen LogP contribution in [0, 0.1) is 0 Å². The van der Waals surface area contributed by atoms with E-state index >= 15 is 0 Å². The summed E-state index contributed by atoms with van der Waals surface area (Å²) in [6.45, 7) is 2.01. The highest BCUT2D eigenvalue weighted by Crippen LogP contribution is 2.04. The molecule has 1 aromatic rings. The van der Waals surface area contributed by atoms with Gasteiger partial charge in [0.2, 0.25) is 0 Å². The van der Waals surface area contributed by atoms with Crippen LogP contribution < -0.4 is 11.2 Å². The van der Waals surface area contributed by atoms with Crippen molar-refractivity contribution in [2.45, 2.75) is 26.2 Å². The average molecular weight is 219 g/mol. The van der Waals surface area contributed by atoms with Gasteiger partial charge < -0.3 is 5.73 Å². The molecule has 0 unspecified atom stereocenters. The van der Waals surface area contributed by atoms with Gasteiger partial charge in [-0.1, -0.05) is 37.3 Å². The Morgan fingerprint density at radius 3 is 2.62 bits per heavy atom. The number of primary amides is 1. The van der Waals surface area contributed by atoms with Crippen LogP contribution >= 0.6 is 0 Å². The topological polar surface area (TPSA) is 67.5 Å². The van der Waals surface area contributed by atoms with Crippen molar-refractivity contribution in [2.24, 2.45) is 10.8 Å². The summed E-state index contributed by atoms with van der Waals surface area (Å²) in [7, 11) is 0. The van der Waals surface area contributed by atoms with Crippen LogP contribution in [0.2, 0.25) is 0 Å². The highest BCUT2D eigenvalue weighted by Gasteiger charge is 1.99. The van der Waals surface area contributed by atoms with Crippen molar-refractivity contribution in [1.29, 1.82) is 0 Å². The molecule has 0 aliphatic rings. The Balaban J connectivity index is 2.46. The lowest BCUT2D eigenvalue weighted by Gasteiger charge is -2.04. The number of benzene rings is 1. The number of aryl methyl sites for hydroxylation is 1. The zero-order chi connectivity index (χ0) is 11.8. The molecule has 1 aromatic carbocycles. The summed E-state index contributed by atoms with van der Waals surface area (Å²) in [5.41, 5.74) is 9.42. The third kappa shape index (κ3) is 4.59. The molecule has 3 N–H and O–H groups in total. The summed E-state index contributed by atoms with van der Waals surface area (Å²) in [4.78, 5) is 10.5.